The Bertz CT molecular complexity index is 389. The Balaban J connectivity index is 0.00000144. The fraction of sp³-hybridized carbons (Fsp3) is 0.600. The fourth-order valence-corrected chi connectivity index (χ4v) is 2.58. The third-order valence-corrected chi connectivity index (χ3v) is 3.53. The maximum atomic E-state index is 10.9. The summed E-state index contributed by atoms with van der Waals surface area (Å²) >= 11 is 1.42. The van der Waals surface area contributed by atoms with Crippen LogP contribution in [0.5, 0.6) is 0 Å². The smallest absolute Gasteiger partial charge is 0.307 e. The van der Waals surface area contributed by atoms with Crippen molar-refractivity contribution >= 4 is 47.3 Å². The van der Waals surface area contributed by atoms with Crippen molar-refractivity contribution in [1.29, 1.82) is 0 Å². The minimum atomic E-state index is -0.692. The lowest BCUT2D eigenvalue weighted by Gasteiger charge is -2.29. The van der Waals surface area contributed by atoms with E-state index in [-0.39, 0.29) is 30.7 Å². The first kappa shape index (κ1) is 17.4. The predicted molar refractivity (Wildman–Crippen MR) is 76.7 cm³/mol. The van der Waals surface area contributed by atoms with Crippen molar-refractivity contribution < 1.29 is 9.90 Å². The summed E-state index contributed by atoms with van der Waals surface area (Å²) in [5.74, 6) is -0.924. The Morgan fingerprint density at radius 1 is 1.61 bits per heavy atom. The van der Waals surface area contributed by atoms with Crippen LogP contribution in [-0.4, -0.2) is 34.0 Å². The maximum absolute atomic E-state index is 10.9. The van der Waals surface area contributed by atoms with Crippen LogP contribution in [0.1, 0.15) is 18.5 Å². The van der Waals surface area contributed by atoms with Crippen molar-refractivity contribution in [3.05, 3.63) is 11.1 Å². The van der Waals surface area contributed by atoms with Crippen LogP contribution in [0.4, 0.5) is 5.13 Å². The van der Waals surface area contributed by atoms with Crippen molar-refractivity contribution in [2.75, 3.05) is 18.8 Å². The number of aliphatic carboxylic acids is 1. The SMILES string of the molecule is Cl.Cl.Nc1nc(CN2CCCC(C(=O)O)C2)cs1. The van der Waals surface area contributed by atoms with Crippen LogP contribution in [0, 0.1) is 5.92 Å². The number of halogens is 2. The number of hydrogen-bond donors (Lipinski definition) is 2. The van der Waals surface area contributed by atoms with Gasteiger partial charge in [-0.1, -0.05) is 0 Å². The van der Waals surface area contributed by atoms with Gasteiger partial charge in [-0.25, -0.2) is 4.98 Å². The molecule has 0 amide bonds. The zero-order chi connectivity index (χ0) is 11.5. The molecule has 1 aliphatic rings. The van der Waals surface area contributed by atoms with Gasteiger partial charge in [-0.05, 0) is 19.4 Å². The van der Waals surface area contributed by atoms with E-state index >= 15 is 0 Å². The van der Waals surface area contributed by atoms with Gasteiger partial charge < -0.3 is 10.8 Å². The highest BCUT2D eigenvalue weighted by Gasteiger charge is 2.25. The predicted octanol–water partition coefficient (Wildman–Crippen LogP) is 1.87. The van der Waals surface area contributed by atoms with Gasteiger partial charge in [0.15, 0.2) is 5.13 Å². The summed E-state index contributed by atoms with van der Waals surface area (Å²) in [6.45, 7) is 2.27. The van der Waals surface area contributed by atoms with Gasteiger partial charge in [-0.15, -0.1) is 36.2 Å². The first-order valence-electron chi connectivity index (χ1n) is 5.30. The first-order chi connectivity index (χ1) is 7.65. The number of carbonyl (C=O) groups is 1. The quantitative estimate of drug-likeness (QED) is 0.890. The summed E-state index contributed by atoms with van der Waals surface area (Å²) in [6.07, 6.45) is 1.72. The number of nitrogen functional groups attached to an aromatic ring is 1. The standard InChI is InChI=1S/C10H15N3O2S.2ClH/c11-10-12-8(6-16-10)5-13-3-1-2-7(4-13)9(14)15;;/h6-7H,1-5H2,(H2,11,12)(H,14,15);2*1H. The maximum Gasteiger partial charge on any atom is 0.307 e. The van der Waals surface area contributed by atoms with Crippen LogP contribution >= 0.6 is 36.2 Å². The van der Waals surface area contributed by atoms with E-state index in [9.17, 15) is 4.79 Å². The summed E-state index contributed by atoms with van der Waals surface area (Å²) in [6, 6.07) is 0. The number of anilines is 1. The molecule has 2 heterocycles. The van der Waals surface area contributed by atoms with Gasteiger partial charge in [-0.3, -0.25) is 9.69 Å². The highest BCUT2D eigenvalue weighted by molar-refractivity contribution is 7.13. The van der Waals surface area contributed by atoms with Crippen LogP contribution in [0.25, 0.3) is 0 Å². The van der Waals surface area contributed by atoms with Crippen molar-refractivity contribution in [1.82, 2.24) is 9.88 Å². The van der Waals surface area contributed by atoms with E-state index < -0.39 is 5.97 Å². The molecule has 1 aliphatic heterocycles. The molecule has 1 fully saturated rings. The van der Waals surface area contributed by atoms with Crippen molar-refractivity contribution in [3.8, 4) is 0 Å². The molecule has 1 saturated heterocycles. The minimum absolute atomic E-state index is 0. The van der Waals surface area contributed by atoms with E-state index in [1.165, 1.54) is 11.3 Å². The minimum Gasteiger partial charge on any atom is -0.481 e. The number of aromatic nitrogens is 1. The average molecular weight is 314 g/mol. The zero-order valence-electron chi connectivity index (χ0n) is 9.74. The second kappa shape index (κ2) is 7.78. The molecule has 1 aromatic rings. The number of piperidine rings is 1. The van der Waals surface area contributed by atoms with Crippen LogP contribution < -0.4 is 5.73 Å². The van der Waals surface area contributed by atoms with Crippen molar-refractivity contribution in [3.63, 3.8) is 0 Å². The Hall–Kier alpha value is -0.560. The highest BCUT2D eigenvalue weighted by Crippen LogP contribution is 2.20. The summed E-state index contributed by atoms with van der Waals surface area (Å²) in [7, 11) is 0. The van der Waals surface area contributed by atoms with Crippen LogP contribution in [0.2, 0.25) is 0 Å². The van der Waals surface area contributed by atoms with Gasteiger partial charge in [0.05, 0.1) is 11.6 Å². The zero-order valence-corrected chi connectivity index (χ0v) is 12.2. The monoisotopic (exact) mass is 313 g/mol. The summed E-state index contributed by atoms with van der Waals surface area (Å²) in [4.78, 5) is 17.2. The molecule has 0 radical (unpaired) electrons. The molecule has 0 spiro atoms. The molecule has 0 aliphatic carbocycles. The molecule has 0 bridgehead atoms. The van der Waals surface area contributed by atoms with Crippen LogP contribution in [-0.2, 0) is 11.3 Å². The van der Waals surface area contributed by atoms with Crippen LogP contribution in [0.15, 0.2) is 5.38 Å². The van der Waals surface area contributed by atoms with Gasteiger partial charge >= 0.3 is 5.97 Å². The van der Waals surface area contributed by atoms with Crippen molar-refractivity contribution in [2.24, 2.45) is 5.92 Å². The van der Waals surface area contributed by atoms with Gasteiger partial charge in [0.2, 0.25) is 0 Å². The number of rotatable bonds is 3. The number of nitrogens with zero attached hydrogens (tertiary/aromatic N) is 2. The second-order valence-corrected chi connectivity index (χ2v) is 4.98. The summed E-state index contributed by atoms with van der Waals surface area (Å²) in [5, 5.41) is 11.5. The van der Waals surface area contributed by atoms with Gasteiger partial charge in [0.25, 0.3) is 0 Å². The van der Waals surface area contributed by atoms with E-state index in [0.717, 1.165) is 25.1 Å². The van der Waals surface area contributed by atoms with E-state index in [1.807, 2.05) is 5.38 Å². The van der Waals surface area contributed by atoms with E-state index in [4.69, 9.17) is 10.8 Å². The highest BCUT2D eigenvalue weighted by atomic mass is 35.5. The molecular formula is C10H17Cl2N3O2S. The number of hydrogen-bond acceptors (Lipinski definition) is 5. The fourth-order valence-electron chi connectivity index (χ4n) is 2.03. The molecule has 18 heavy (non-hydrogen) atoms. The Kier molecular flexibility index (Phi) is 7.54. The lowest BCUT2D eigenvalue weighted by molar-refractivity contribution is -0.143. The topological polar surface area (TPSA) is 79.5 Å². The largest absolute Gasteiger partial charge is 0.481 e. The second-order valence-electron chi connectivity index (χ2n) is 4.09. The van der Waals surface area contributed by atoms with Gasteiger partial charge in [0, 0.05) is 18.5 Å². The molecule has 0 saturated carbocycles. The number of likely N-dealkylation sites (tertiary alicyclic amines) is 1. The van der Waals surface area contributed by atoms with E-state index in [1.54, 1.807) is 0 Å². The molecular weight excluding hydrogens is 297 g/mol. The third-order valence-electron chi connectivity index (χ3n) is 2.81. The van der Waals surface area contributed by atoms with Crippen molar-refractivity contribution in [2.45, 2.75) is 19.4 Å². The molecule has 2 rings (SSSR count). The van der Waals surface area contributed by atoms with Gasteiger partial charge in [0.1, 0.15) is 0 Å². The molecule has 8 heteroatoms. The van der Waals surface area contributed by atoms with E-state index in [0.29, 0.717) is 18.2 Å². The molecule has 5 nitrogen and oxygen atoms in total. The molecule has 1 unspecified atom stereocenters. The lowest BCUT2D eigenvalue weighted by Crippen LogP contribution is -2.38. The van der Waals surface area contributed by atoms with Gasteiger partial charge in [-0.2, -0.15) is 0 Å². The summed E-state index contributed by atoms with van der Waals surface area (Å²) < 4.78 is 0. The van der Waals surface area contributed by atoms with E-state index in [2.05, 4.69) is 9.88 Å². The molecule has 1 aromatic heterocycles. The molecule has 3 N–H and O–H groups in total. The Morgan fingerprint density at radius 2 is 2.33 bits per heavy atom. The lowest BCUT2D eigenvalue weighted by atomic mass is 9.98. The first-order valence-corrected chi connectivity index (χ1v) is 6.18. The number of carboxylic acids is 1. The average Bonchev–Trinajstić information content (AvgIpc) is 2.64. The van der Waals surface area contributed by atoms with Crippen LogP contribution in [0.3, 0.4) is 0 Å². The Morgan fingerprint density at radius 3 is 2.89 bits per heavy atom. The molecule has 104 valence electrons. The third kappa shape index (κ3) is 4.61. The Labute approximate surface area is 122 Å². The number of nitrogens with two attached hydrogens (primary N) is 1. The molecule has 0 aromatic carbocycles. The number of thiazole rings is 1. The molecule has 1 atom stereocenters. The number of carboxylic acid groups (broad SMARTS) is 1. The normalized spacial score (nSPS) is 19.7. The summed E-state index contributed by atoms with van der Waals surface area (Å²) in [5.41, 5.74) is 6.49.